The fraction of sp³-hybridized carbons (Fsp3) is 0.391. The van der Waals surface area contributed by atoms with Gasteiger partial charge in [-0.05, 0) is 56.5 Å². The summed E-state index contributed by atoms with van der Waals surface area (Å²) in [5, 5.41) is 19.4. The van der Waals surface area contributed by atoms with Crippen molar-refractivity contribution in [2.45, 2.75) is 39.5 Å². The predicted molar refractivity (Wildman–Crippen MR) is 112 cm³/mol. The lowest BCUT2D eigenvalue weighted by atomic mass is 10.0. The minimum absolute atomic E-state index is 0.00193. The van der Waals surface area contributed by atoms with Gasteiger partial charge in [-0.25, -0.2) is 4.79 Å². The van der Waals surface area contributed by atoms with Crippen LogP contribution in [0.15, 0.2) is 30.3 Å². The highest BCUT2D eigenvalue weighted by Crippen LogP contribution is 2.33. The average molecular weight is 416 g/mol. The van der Waals surface area contributed by atoms with Crippen molar-refractivity contribution in [2.24, 2.45) is 0 Å². The SMILES string of the molecule is CCCc1c(OCCCCOc2ccc(C(=O)O)cc2OC)ccc(C(C)=O)c1O. The standard InChI is InChI=1S/C23H28O7/c1-4-7-18-19(11-9-17(15(2)24)22(18)25)29-12-5-6-13-30-20-10-8-16(23(26)27)14-21(20)28-3/h8-11,14,25H,4-7,12-13H2,1-3H3,(H,26,27). The van der Waals surface area contributed by atoms with E-state index in [1.54, 1.807) is 18.2 Å². The summed E-state index contributed by atoms with van der Waals surface area (Å²) >= 11 is 0. The van der Waals surface area contributed by atoms with Crippen LogP contribution >= 0.6 is 0 Å². The first kappa shape index (κ1) is 23.1. The molecular formula is C23H28O7. The Morgan fingerprint density at radius 3 is 2.17 bits per heavy atom. The molecule has 0 saturated carbocycles. The van der Waals surface area contributed by atoms with Gasteiger partial charge in [-0.15, -0.1) is 0 Å². The fourth-order valence-corrected chi connectivity index (χ4v) is 3.02. The lowest BCUT2D eigenvalue weighted by molar-refractivity contribution is 0.0696. The molecule has 0 atom stereocenters. The first-order valence-corrected chi connectivity index (χ1v) is 9.91. The summed E-state index contributed by atoms with van der Waals surface area (Å²) in [5.74, 6) is 0.241. The number of unbranched alkanes of at least 4 members (excludes halogenated alkanes) is 1. The van der Waals surface area contributed by atoms with E-state index >= 15 is 0 Å². The molecule has 162 valence electrons. The van der Waals surface area contributed by atoms with E-state index in [0.29, 0.717) is 54.4 Å². The monoisotopic (exact) mass is 416 g/mol. The van der Waals surface area contributed by atoms with Crippen LogP contribution in [-0.2, 0) is 6.42 Å². The van der Waals surface area contributed by atoms with E-state index in [1.165, 1.54) is 26.2 Å². The molecule has 0 aromatic heterocycles. The van der Waals surface area contributed by atoms with E-state index in [0.717, 1.165) is 12.8 Å². The highest BCUT2D eigenvalue weighted by atomic mass is 16.5. The van der Waals surface area contributed by atoms with Crippen LogP contribution in [0.2, 0.25) is 0 Å². The van der Waals surface area contributed by atoms with Crippen LogP contribution in [0.5, 0.6) is 23.0 Å². The van der Waals surface area contributed by atoms with Crippen LogP contribution in [0, 0.1) is 0 Å². The number of carboxylic acid groups (broad SMARTS) is 1. The number of aromatic carboxylic acids is 1. The Morgan fingerprint density at radius 2 is 1.60 bits per heavy atom. The maximum atomic E-state index is 11.6. The van der Waals surface area contributed by atoms with Gasteiger partial charge in [0.05, 0.1) is 31.5 Å². The molecule has 0 fully saturated rings. The number of Topliss-reactive ketones (excluding diaryl/α,β-unsaturated/α-hetero) is 1. The summed E-state index contributed by atoms with van der Waals surface area (Å²) in [6.45, 7) is 4.28. The molecule has 2 N–H and O–H groups in total. The number of ketones is 1. The van der Waals surface area contributed by atoms with Crippen molar-refractivity contribution >= 4 is 11.8 Å². The Kier molecular flexibility index (Phi) is 8.53. The van der Waals surface area contributed by atoms with Crippen molar-refractivity contribution in [1.29, 1.82) is 0 Å². The molecule has 30 heavy (non-hydrogen) atoms. The number of hydrogen-bond donors (Lipinski definition) is 2. The number of benzene rings is 2. The van der Waals surface area contributed by atoms with Crippen LogP contribution < -0.4 is 14.2 Å². The van der Waals surface area contributed by atoms with Gasteiger partial charge in [0.25, 0.3) is 0 Å². The van der Waals surface area contributed by atoms with E-state index in [2.05, 4.69) is 0 Å². The van der Waals surface area contributed by atoms with Gasteiger partial charge in [0.15, 0.2) is 17.3 Å². The van der Waals surface area contributed by atoms with Crippen molar-refractivity contribution in [3.8, 4) is 23.0 Å². The lowest BCUT2D eigenvalue weighted by Crippen LogP contribution is -2.06. The van der Waals surface area contributed by atoms with Crippen molar-refractivity contribution in [3.05, 3.63) is 47.0 Å². The average Bonchev–Trinajstić information content (AvgIpc) is 2.72. The van der Waals surface area contributed by atoms with Gasteiger partial charge in [-0.1, -0.05) is 13.3 Å². The number of methoxy groups -OCH3 is 1. The minimum Gasteiger partial charge on any atom is -0.507 e. The molecule has 2 aromatic carbocycles. The third-order valence-corrected chi connectivity index (χ3v) is 4.58. The second-order valence-corrected chi connectivity index (χ2v) is 6.82. The van der Waals surface area contributed by atoms with Gasteiger partial charge in [0.2, 0.25) is 0 Å². The summed E-state index contributed by atoms with van der Waals surface area (Å²) in [4.78, 5) is 22.7. The van der Waals surface area contributed by atoms with Crippen LogP contribution in [0.4, 0.5) is 0 Å². The van der Waals surface area contributed by atoms with Crippen molar-refractivity contribution in [1.82, 2.24) is 0 Å². The molecule has 0 aliphatic rings. The normalized spacial score (nSPS) is 10.5. The molecule has 0 aliphatic heterocycles. The number of carboxylic acids is 1. The van der Waals surface area contributed by atoms with Gasteiger partial charge in [-0.3, -0.25) is 4.79 Å². The van der Waals surface area contributed by atoms with Crippen molar-refractivity contribution in [2.75, 3.05) is 20.3 Å². The third-order valence-electron chi connectivity index (χ3n) is 4.58. The smallest absolute Gasteiger partial charge is 0.335 e. The third kappa shape index (κ3) is 5.89. The molecule has 0 saturated heterocycles. The predicted octanol–water partition coefficient (Wildman–Crippen LogP) is 4.49. The van der Waals surface area contributed by atoms with Crippen molar-refractivity contribution < 1.29 is 34.0 Å². The first-order chi connectivity index (χ1) is 14.4. The van der Waals surface area contributed by atoms with E-state index in [-0.39, 0.29) is 17.1 Å². The van der Waals surface area contributed by atoms with E-state index in [9.17, 15) is 14.7 Å². The van der Waals surface area contributed by atoms with Gasteiger partial charge in [0.1, 0.15) is 11.5 Å². The van der Waals surface area contributed by atoms with Gasteiger partial charge >= 0.3 is 5.97 Å². The Hall–Kier alpha value is -3.22. The zero-order valence-electron chi connectivity index (χ0n) is 17.6. The second kappa shape index (κ2) is 11.1. The molecule has 7 nitrogen and oxygen atoms in total. The number of rotatable bonds is 12. The maximum Gasteiger partial charge on any atom is 0.335 e. The topological polar surface area (TPSA) is 102 Å². The lowest BCUT2D eigenvalue weighted by Gasteiger charge is -2.15. The first-order valence-electron chi connectivity index (χ1n) is 9.91. The molecule has 7 heteroatoms. The minimum atomic E-state index is -1.03. The Balaban J connectivity index is 1.87. The zero-order chi connectivity index (χ0) is 22.1. The summed E-state index contributed by atoms with van der Waals surface area (Å²) in [6, 6.07) is 7.78. The number of aromatic hydroxyl groups is 1. The molecule has 0 amide bonds. The highest BCUT2D eigenvalue weighted by molar-refractivity contribution is 5.97. The second-order valence-electron chi connectivity index (χ2n) is 6.82. The van der Waals surface area contributed by atoms with Crippen molar-refractivity contribution in [3.63, 3.8) is 0 Å². The number of ether oxygens (including phenoxy) is 3. The zero-order valence-corrected chi connectivity index (χ0v) is 17.6. The molecule has 0 heterocycles. The number of hydrogen-bond acceptors (Lipinski definition) is 6. The molecule has 2 aromatic rings. The maximum absolute atomic E-state index is 11.6. The van der Waals surface area contributed by atoms with Crippen LogP contribution in [0.25, 0.3) is 0 Å². The summed E-state index contributed by atoms with van der Waals surface area (Å²) < 4.78 is 16.7. The molecule has 0 aliphatic carbocycles. The summed E-state index contributed by atoms with van der Waals surface area (Å²) in [7, 11) is 1.46. The molecule has 2 rings (SSSR count). The van der Waals surface area contributed by atoms with Gasteiger partial charge in [-0.2, -0.15) is 0 Å². The molecule has 0 radical (unpaired) electrons. The Bertz CT molecular complexity index is 889. The highest BCUT2D eigenvalue weighted by Gasteiger charge is 2.16. The van der Waals surface area contributed by atoms with Gasteiger partial charge in [0, 0.05) is 5.56 Å². The van der Waals surface area contributed by atoms with Crippen LogP contribution in [0.3, 0.4) is 0 Å². The largest absolute Gasteiger partial charge is 0.507 e. The number of phenols is 1. The molecule has 0 bridgehead atoms. The quantitative estimate of drug-likeness (QED) is 0.388. The number of carbonyl (C=O) groups excluding carboxylic acids is 1. The Morgan fingerprint density at radius 1 is 0.967 bits per heavy atom. The Labute approximate surface area is 176 Å². The number of phenolic OH excluding ortho intramolecular Hbond substituents is 1. The number of carbonyl (C=O) groups is 2. The van der Waals surface area contributed by atoms with Crippen LogP contribution in [0.1, 0.15) is 59.4 Å². The molecular weight excluding hydrogens is 388 g/mol. The van der Waals surface area contributed by atoms with E-state index < -0.39 is 5.97 Å². The fourth-order valence-electron chi connectivity index (χ4n) is 3.02. The van der Waals surface area contributed by atoms with E-state index in [1.807, 2.05) is 6.92 Å². The van der Waals surface area contributed by atoms with E-state index in [4.69, 9.17) is 19.3 Å². The van der Waals surface area contributed by atoms with Crippen LogP contribution in [-0.4, -0.2) is 42.3 Å². The molecule has 0 unspecified atom stereocenters. The summed E-state index contributed by atoms with van der Waals surface area (Å²) in [5.41, 5.74) is 1.10. The molecule has 0 spiro atoms. The van der Waals surface area contributed by atoms with Gasteiger partial charge < -0.3 is 24.4 Å². The summed E-state index contributed by atoms with van der Waals surface area (Å²) in [6.07, 6.45) is 2.87.